The lowest BCUT2D eigenvalue weighted by Gasteiger charge is -2.17. The van der Waals surface area contributed by atoms with Crippen LogP contribution in [0.5, 0.6) is 0 Å². The molecule has 2 aromatic rings. The number of anilines is 1. The maximum atomic E-state index is 12.9. The average molecular weight is 314 g/mol. The molecule has 1 atom stereocenters. The Morgan fingerprint density at radius 3 is 2.82 bits per heavy atom. The number of thiophene rings is 1. The summed E-state index contributed by atoms with van der Waals surface area (Å²) < 4.78 is 12.9. The number of fused-ring (bicyclic) bond motifs is 1. The van der Waals surface area contributed by atoms with E-state index in [1.165, 1.54) is 40.5 Å². The van der Waals surface area contributed by atoms with E-state index in [1.807, 2.05) is 0 Å². The summed E-state index contributed by atoms with van der Waals surface area (Å²) in [4.78, 5) is 13.4. The molecule has 112 valence electrons. The molecule has 1 aromatic heterocycles. The molecule has 3 nitrogen and oxygen atoms in total. The largest absolute Gasteiger partial charge is 0.312 e. The number of benzene rings is 1. The third-order valence-corrected chi connectivity index (χ3v) is 5.13. The second-order valence-electron chi connectivity index (χ2n) is 5.63. The number of carbonyl (C=O) groups excluding carboxylic acids is 1. The van der Waals surface area contributed by atoms with Gasteiger partial charge in [0.05, 0.1) is 5.56 Å². The minimum absolute atomic E-state index is 0.317. The molecule has 1 N–H and O–H groups in total. The fourth-order valence-electron chi connectivity index (χ4n) is 2.73. The van der Waals surface area contributed by atoms with Gasteiger partial charge in [0.25, 0.3) is 5.91 Å². The van der Waals surface area contributed by atoms with E-state index in [9.17, 15) is 14.4 Å². The molecule has 1 amide bonds. The summed E-state index contributed by atoms with van der Waals surface area (Å²) in [6, 6.07) is 7.60. The van der Waals surface area contributed by atoms with Crippen molar-refractivity contribution in [3.63, 3.8) is 0 Å². The minimum atomic E-state index is -0.380. The number of hydrogen-bond acceptors (Lipinski definition) is 3. The van der Waals surface area contributed by atoms with E-state index >= 15 is 0 Å². The van der Waals surface area contributed by atoms with E-state index in [-0.39, 0.29) is 11.7 Å². The van der Waals surface area contributed by atoms with Crippen LogP contribution in [0.4, 0.5) is 9.39 Å². The van der Waals surface area contributed by atoms with Gasteiger partial charge in [-0.3, -0.25) is 4.79 Å². The first-order valence-corrected chi connectivity index (χ1v) is 8.01. The SMILES string of the molecule is C[C@H]1CCc2c(sc(NC(=O)c3ccc(F)cc3)c2C#N)C1. The molecule has 0 saturated heterocycles. The van der Waals surface area contributed by atoms with E-state index in [0.29, 0.717) is 22.0 Å². The molecule has 0 spiro atoms. The highest BCUT2D eigenvalue weighted by Gasteiger charge is 2.24. The summed E-state index contributed by atoms with van der Waals surface area (Å²) in [5, 5.41) is 12.8. The molecular weight excluding hydrogens is 299 g/mol. The molecule has 3 rings (SSSR count). The quantitative estimate of drug-likeness (QED) is 0.906. The van der Waals surface area contributed by atoms with Crippen LogP contribution in [0.1, 0.15) is 39.7 Å². The van der Waals surface area contributed by atoms with E-state index in [4.69, 9.17) is 0 Å². The first-order valence-electron chi connectivity index (χ1n) is 7.20. The fourth-order valence-corrected chi connectivity index (χ4v) is 4.09. The third kappa shape index (κ3) is 2.75. The number of nitrogens with zero attached hydrogens (tertiary/aromatic N) is 1. The van der Waals surface area contributed by atoms with Gasteiger partial charge in [-0.05, 0) is 55.0 Å². The zero-order valence-electron chi connectivity index (χ0n) is 12.1. The highest BCUT2D eigenvalue weighted by Crippen LogP contribution is 2.39. The Bertz CT molecular complexity index is 758. The van der Waals surface area contributed by atoms with Crippen LogP contribution in [0.3, 0.4) is 0 Å². The molecule has 0 unspecified atom stereocenters. The van der Waals surface area contributed by atoms with E-state index in [1.54, 1.807) is 0 Å². The van der Waals surface area contributed by atoms with E-state index in [2.05, 4.69) is 18.3 Å². The van der Waals surface area contributed by atoms with Crippen molar-refractivity contribution < 1.29 is 9.18 Å². The van der Waals surface area contributed by atoms with E-state index in [0.717, 1.165) is 24.8 Å². The standard InChI is InChI=1S/C17H15FN2OS/c1-10-2-7-13-14(9-19)17(22-15(13)8-10)20-16(21)11-3-5-12(18)6-4-11/h3-6,10H,2,7-8H2,1H3,(H,20,21)/t10-/m0/s1. The van der Waals surface area contributed by atoms with Crippen LogP contribution in [0.15, 0.2) is 24.3 Å². The Balaban J connectivity index is 1.88. The molecule has 1 aromatic carbocycles. The third-order valence-electron chi connectivity index (χ3n) is 3.96. The first kappa shape index (κ1) is 14.7. The van der Waals surface area contributed by atoms with Crippen molar-refractivity contribution in [1.29, 1.82) is 5.26 Å². The van der Waals surface area contributed by atoms with Crippen LogP contribution in [-0.2, 0) is 12.8 Å². The van der Waals surface area contributed by atoms with Gasteiger partial charge in [0.2, 0.25) is 0 Å². The molecule has 1 heterocycles. The monoisotopic (exact) mass is 314 g/mol. The molecule has 0 bridgehead atoms. The van der Waals surface area contributed by atoms with Crippen LogP contribution in [0, 0.1) is 23.1 Å². The van der Waals surface area contributed by atoms with Gasteiger partial charge in [0.15, 0.2) is 0 Å². The Morgan fingerprint density at radius 2 is 2.14 bits per heavy atom. The van der Waals surface area contributed by atoms with Gasteiger partial charge >= 0.3 is 0 Å². The molecule has 1 aliphatic rings. The lowest BCUT2D eigenvalue weighted by molar-refractivity contribution is 0.102. The topological polar surface area (TPSA) is 52.9 Å². The number of rotatable bonds is 2. The number of nitriles is 1. The van der Waals surface area contributed by atoms with E-state index < -0.39 is 0 Å². The Kier molecular flexibility index (Phi) is 3.95. The number of amides is 1. The predicted molar refractivity (Wildman–Crippen MR) is 84.6 cm³/mol. The number of carbonyl (C=O) groups is 1. The lowest BCUT2D eigenvalue weighted by Crippen LogP contribution is -2.12. The zero-order chi connectivity index (χ0) is 15.7. The van der Waals surface area contributed by atoms with Gasteiger partial charge < -0.3 is 5.32 Å². The maximum absolute atomic E-state index is 12.9. The molecule has 0 saturated carbocycles. The zero-order valence-corrected chi connectivity index (χ0v) is 13.0. The first-order chi connectivity index (χ1) is 10.6. The van der Waals surface area contributed by atoms with Gasteiger partial charge in [0.1, 0.15) is 16.9 Å². The predicted octanol–water partition coefficient (Wildman–Crippen LogP) is 4.14. The lowest BCUT2D eigenvalue weighted by atomic mass is 9.88. The molecule has 0 fully saturated rings. The highest BCUT2D eigenvalue weighted by molar-refractivity contribution is 7.16. The Morgan fingerprint density at radius 1 is 1.41 bits per heavy atom. The minimum Gasteiger partial charge on any atom is -0.312 e. The highest BCUT2D eigenvalue weighted by atomic mass is 32.1. The Hall–Kier alpha value is -2.19. The van der Waals surface area contributed by atoms with Gasteiger partial charge in [-0.1, -0.05) is 6.92 Å². The van der Waals surface area contributed by atoms with Crippen LogP contribution in [-0.4, -0.2) is 5.91 Å². The van der Waals surface area contributed by atoms with Crippen LogP contribution in [0.25, 0.3) is 0 Å². The van der Waals surface area contributed by atoms with Crippen LogP contribution >= 0.6 is 11.3 Å². The average Bonchev–Trinajstić information content (AvgIpc) is 2.83. The van der Waals surface area contributed by atoms with Crippen molar-refractivity contribution >= 4 is 22.2 Å². The van der Waals surface area contributed by atoms with Gasteiger partial charge in [0, 0.05) is 10.4 Å². The van der Waals surface area contributed by atoms with Crippen molar-refractivity contribution in [2.45, 2.75) is 26.2 Å². The van der Waals surface area contributed by atoms with Crippen LogP contribution < -0.4 is 5.32 Å². The molecule has 0 aliphatic heterocycles. The summed E-state index contributed by atoms with van der Waals surface area (Å²) in [6.07, 6.45) is 2.92. The normalized spacial score (nSPS) is 16.7. The molecule has 22 heavy (non-hydrogen) atoms. The summed E-state index contributed by atoms with van der Waals surface area (Å²) >= 11 is 1.49. The second kappa shape index (κ2) is 5.90. The summed E-state index contributed by atoms with van der Waals surface area (Å²) in [5.74, 6) is -0.0867. The number of nitrogens with one attached hydrogen (secondary N) is 1. The summed E-state index contributed by atoms with van der Waals surface area (Å²) in [7, 11) is 0. The van der Waals surface area contributed by atoms with Crippen molar-refractivity contribution in [2.24, 2.45) is 5.92 Å². The fraction of sp³-hybridized carbons (Fsp3) is 0.294. The number of halogens is 1. The summed E-state index contributed by atoms with van der Waals surface area (Å²) in [6.45, 7) is 2.20. The molecule has 1 aliphatic carbocycles. The van der Waals surface area contributed by atoms with Crippen molar-refractivity contribution in [2.75, 3.05) is 5.32 Å². The number of hydrogen-bond donors (Lipinski definition) is 1. The van der Waals surface area contributed by atoms with Gasteiger partial charge in [-0.2, -0.15) is 5.26 Å². The van der Waals surface area contributed by atoms with Crippen molar-refractivity contribution in [1.82, 2.24) is 0 Å². The molecule has 5 heteroatoms. The van der Waals surface area contributed by atoms with Crippen molar-refractivity contribution in [3.05, 3.63) is 51.7 Å². The van der Waals surface area contributed by atoms with Crippen molar-refractivity contribution in [3.8, 4) is 6.07 Å². The second-order valence-corrected chi connectivity index (χ2v) is 6.73. The maximum Gasteiger partial charge on any atom is 0.256 e. The smallest absolute Gasteiger partial charge is 0.256 e. The van der Waals surface area contributed by atoms with Gasteiger partial charge in [-0.15, -0.1) is 11.3 Å². The Labute approximate surface area is 132 Å². The van der Waals surface area contributed by atoms with Crippen LogP contribution in [0.2, 0.25) is 0 Å². The molecular formula is C17H15FN2OS. The van der Waals surface area contributed by atoms with Gasteiger partial charge in [-0.25, -0.2) is 4.39 Å². The summed E-state index contributed by atoms with van der Waals surface area (Å²) in [5.41, 5.74) is 2.05. The molecule has 0 radical (unpaired) electrons.